The van der Waals surface area contributed by atoms with E-state index >= 15 is 0 Å². The summed E-state index contributed by atoms with van der Waals surface area (Å²) in [4.78, 5) is 45.8. The molecule has 3 heterocycles. The van der Waals surface area contributed by atoms with Crippen LogP contribution in [-0.2, 0) is 9.59 Å². The summed E-state index contributed by atoms with van der Waals surface area (Å²) in [6, 6.07) is 11.9. The lowest BCUT2D eigenvalue weighted by Crippen LogP contribution is -2.49. The van der Waals surface area contributed by atoms with Crippen molar-refractivity contribution in [2.75, 3.05) is 31.5 Å². The van der Waals surface area contributed by atoms with Gasteiger partial charge in [-0.1, -0.05) is 12.1 Å². The van der Waals surface area contributed by atoms with Gasteiger partial charge in [-0.2, -0.15) is 0 Å². The second kappa shape index (κ2) is 8.47. The molecule has 0 radical (unpaired) electrons. The molecule has 1 aromatic heterocycles. The van der Waals surface area contributed by atoms with Gasteiger partial charge in [-0.3, -0.25) is 14.5 Å². The SMILES string of the molecule is CC(=O)N1C[C@H](c2ccc(F)cc2)[C@H]2CN(CC(=O)Nc3ccc4[nH]c(=O)[nH]c4c3)CC[C@H]21. The molecule has 3 N–H and O–H groups in total. The zero-order chi connectivity index (χ0) is 23.1. The monoisotopic (exact) mass is 451 g/mol. The minimum atomic E-state index is -0.289. The summed E-state index contributed by atoms with van der Waals surface area (Å²) in [6.07, 6.45) is 0.797. The highest BCUT2D eigenvalue weighted by Crippen LogP contribution is 2.41. The number of aromatic nitrogens is 2. The molecule has 9 heteroatoms. The second-order valence-electron chi connectivity index (χ2n) is 8.97. The summed E-state index contributed by atoms with van der Waals surface area (Å²) >= 11 is 0. The minimum Gasteiger partial charge on any atom is -0.339 e. The van der Waals surface area contributed by atoms with E-state index in [1.54, 1.807) is 37.3 Å². The maximum atomic E-state index is 13.4. The van der Waals surface area contributed by atoms with Crippen molar-refractivity contribution in [3.8, 4) is 0 Å². The van der Waals surface area contributed by atoms with E-state index in [-0.39, 0.29) is 47.7 Å². The quantitative estimate of drug-likeness (QED) is 0.566. The molecule has 3 aromatic rings. The third-order valence-electron chi connectivity index (χ3n) is 6.88. The van der Waals surface area contributed by atoms with Crippen molar-refractivity contribution >= 4 is 28.5 Å². The van der Waals surface area contributed by atoms with Gasteiger partial charge < -0.3 is 20.2 Å². The van der Waals surface area contributed by atoms with Crippen LogP contribution in [0.15, 0.2) is 47.3 Å². The van der Waals surface area contributed by atoms with Crippen LogP contribution in [-0.4, -0.2) is 63.8 Å². The topological polar surface area (TPSA) is 101 Å². The number of amides is 2. The van der Waals surface area contributed by atoms with Gasteiger partial charge in [0.25, 0.3) is 0 Å². The van der Waals surface area contributed by atoms with Crippen LogP contribution in [0, 0.1) is 11.7 Å². The molecule has 2 fully saturated rings. The number of nitrogens with one attached hydrogen (secondary N) is 3. The molecule has 2 amide bonds. The highest BCUT2D eigenvalue weighted by molar-refractivity contribution is 5.94. The summed E-state index contributed by atoms with van der Waals surface area (Å²) in [7, 11) is 0. The smallest absolute Gasteiger partial charge is 0.323 e. The first-order valence-corrected chi connectivity index (χ1v) is 11.1. The van der Waals surface area contributed by atoms with Gasteiger partial charge in [0.05, 0.1) is 17.6 Å². The number of hydrogen-bond acceptors (Lipinski definition) is 4. The Morgan fingerprint density at radius 2 is 1.85 bits per heavy atom. The van der Waals surface area contributed by atoms with E-state index in [9.17, 15) is 18.8 Å². The van der Waals surface area contributed by atoms with Crippen LogP contribution >= 0.6 is 0 Å². The van der Waals surface area contributed by atoms with E-state index in [1.807, 2.05) is 4.90 Å². The van der Waals surface area contributed by atoms with Crippen molar-refractivity contribution in [3.63, 3.8) is 0 Å². The number of halogens is 1. The Morgan fingerprint density at radius 3 is 2.61 bits per heavy atom. The normalized spacial score (nSPS) is 23.0. The molecule has 0 aliphatic carbocycles. The molecular weight excluding hydrogens is 425 g/mol. The first-order chi connectivity index (χ1) is 15.9. The third-order valence-corrected chi connectivity index (χ3v) is 6.88. The fourth-order valence-electron chi connectivity index (χ4n) is 5.39. The van der Waals surface area contributed by atoms with Gasteiger partial charge in [0.2, 0.25) is 11.8 Å². The average molecular weight is 452 g/mol. The lowest BCUT2D eigenvalue weighted by atomic mass is 9.82. The Morgan fingerprint density at radius 1 is 1.09 bits per heavy atom. The fraction of sp³-hybridized carbons (Fsp3) is 0.375. The lowest BCUT2D eigenvalue weighted by Gasteiger charge is -2.38. The van der Waals surface area contributed by atoms with Crippen molar-refractivity contribution in [1.29, 1.82) is 0 Å². The summed E-state index contributed by atoms with van der Waals surface area (Å²) in [6.45, 7) is 3.86. The maximum absolute atomic E-state index is 13.4. The van der Waals surface area contributed by atoms with E-state index < -0.39 is 0 Å². The van der Waals surface area contributed by atoms with Crippen molar-refractivity contribution in [2.45, 2.75) is 25.3 Å². The lowest BCUT2D eigenvalue weighted by molar-refractivity contribution is -0.131. The molecule has 3 atom stereocenters. The van der Waals surface area contributed by atoms with Crippen molar-refractivity contribution < 1.29 is 14.0 Å². The van der Waals surface area contributed by atoms with Gasteiger partial charge in [-0.05, 0) is 42.3 Å². The fourth-order valence-corrected chi connectivity index (χ4v) is 5.39. The number of rotatable bonds is 4. The van der Waals surface area contributed by atoms with Crippen LogP contribution < -0.4 is 11.0 Å². The molecule has 0 unspecified atom stereocenters. The Kier molecular flexibility index (Phi) is 5.49. The van der Waals surface area contributed by atoms with E-state index in [1.165, 1.54) is 12.1 Å². The number of anilines is 1. The van der Waals surface area contributed by atoms with Gasteiger partial charge in [-0.25, -0.2) is 9.18 Å². The molecule has 2 aromatic carbocycles. The predicted octanol–water partition coefficient (Wildman–Crippen LogP) is 2.27. The number of imidazole rings is 1. The van der Waals surface area contributed by atoms with E-state index in [0.717, 1.165) is 18.5 Å². The molecule has 2 saturated heterocycles. The molecule has 0 saturated carbocycles. The van der Waals surface area contributed by atoms with Gasteiger partial charge in [0.15, 0.2) is 0 Å². The van der Waals surface area contributed by atoms with Crippen LogP contribution in [0.2, 0.25) is 0 Å². The molecule has 172 valence electrons. The summed E-state index contributed by atoms with van der Waals surface area (Å²) in [5.74, 6) is -0.0645. The van der Waals surface area contributed by atoms with Crippen molar-refractivity contribution in [1.82, 2.24) is 19.8 Å². The number of hydrogen-bond donors (Lipinski definition) is 3. The average Bonchev–Trinajstić information content (AvgIpc) is 3.33. The first-order valence-electron chi connectivity index (χ1n) is 11.1. The zero-order valence-electron chi connectivity index (χ0n) is 18.3. The largest absolute Gasteiger partial charge is 0.339 e. The summed E-state index contributed by atoms with van der Waals surface area (Å²) in [5, 5.41) is 2.90. The number of benzene rings is 2. The Labute approximate surface area is 189 Å². The second-order valence-corrected chi connectivity index (χ2v) is 8.97. The first kappa shape index (κ1) is 21.4. The van der Waals surface area contributed by atoms with Gasteiger partial charge in [0, 0.05) is 50.1 Å². The number of piperidine rings is 1. The molecular formula is C24H26FN5O3. The van der Waals surface area contributed by atoms with Crippen molar-refractivity contribution in [3.05, 3.63) is 64.3 Å². The predicted molar refractivity (Wildman–Crippen MR) is 122 cm³/mol. The van der Waals surface area contributed by atoms with Crippen LogP contribution in [0.5, 0.6) is 0 Å². The van der Waals surface area contributed by atoms with Crippen molar-refractivity contribution in [2.24, 2.45) is 5.92 Å². The Balaban J connectivity index is 1.28. The summed E-state index contributed by atoms with van der Waals surface area (Å²) in [5.41, 5.74) is 2.67. The number of likely N-dealkylation sites (tertiary alicyclic amines) is 2. The number of nitrogens with zero attached hydrogens (tertiary/aromatic N) is 2. The highest BCUT2D eigenvalue weighted by atomic mass is 19.1. The Bertz CT molecular complexity index is 1250. The van der Waals surface area contributed by atoms with Crippen LogP contribution in [0.25, 0.3) is 11.0 Å². The molecule has 33 heavy (non-hydrogen) atoms. The molecule has 2 aliphatic heterocycles. The van der Waals surface area contributed by atoms with Crippen LogP contribution in [0.4, 0.5) is 10.1 Å². The third kappa shape index (κ3) is 4.28. The van der Waals surface area contributed by atoms with Gasteiger partial charge in [-0.15, -0.1) is 0 Å². The zero-order valence-corrected chi connectivity index (χ0v) is 18.3. The minimum absolute atomic E-state index is 0.0546. The molecule has 8 nitrogen and oxygen atoms in total. The van der Waals surface area contributed by atoms with E-state index in [4.69, 9.17) is 0 Å². The maximum Gasteiger partial charge on any atom is 0.323 e. The molecule has 0 spiro atoms. The molecule has 0 bridgehead atoms. The summed E-state index contributed by atoms with van der Waals surface area (Å²) < 4.78 is 13.4. The van der Waals surface area contributed by atoms with Gasteiger partial charge in [0.1, 0.15) is 5.82 Å². The number of carbonyl (C=O) groups is 2. The van der Waals surface area contributed by atoms with E-state index in [0.29, 0.717) is 29.8 Å². The number of H-pyrrole nitrogens is 2. The molecule has 5 rings (SSSR count). The van der Waals surface area contributed by atoms with Crippen LogP contribution in [0.1, 0.15) is 24.8 Å². The van der Waals surface area contributed by atoms with Gasteiger partial charge >= 0.3 is 5.69 Å². The number of aromatic amines is 2. The number of fused-ring (bicyclic) bond motifs is 2. The Hall–Kier alpha value is -3.46. The molecule has 2 aliphatic rings. The van der Waals surface area contributed by atoms with Crippen LogP contribution in [0.3, 0.4) is 0 Å². The highest BCUT2D eigenvalue weighted by Gasteiger charge is 2.46. The van der Waals surface area contributed by atoms with E-state index in [2.05, 4.69) is 20.2 Å². The standard InChI is InChI=1S/C24H26FN5O3/c1-14(31)30-12-18(15-2-4-16(25)5-3-15)19-11-29(9-8-22(19)30)13-23(32)26-17-6-7-20-21(10-17)28-24(33)27-20/h2-7,10,18-19,22H,8-9,11-13H2,1H3,(H,26,32)(H2,27,28,33)/t18-,19-,22-/m1/s1. The number of carbonyl (C=O) groups excluding carboxylic acids is 2.